The molecule has 0 N–H and O–H groups in total. The number of carbonyl (C=O) groups is 1. The summed E-state index contributed by atoms with van der Waals surface area (Å²) in [6.45, 7) is 0.164. The predicted octanol–water partition coefficient (Wildman–Crippen LogP) is 3.27. The van der Waals surface area contributed by atoms with Crippen LogP contribution in [0.2, 0.25) is 0 Å². The minimum absolute atomic E-state index is 0.164. The third kappa shape index (κ3) is 2.63. The quantitative estimate of drug-likeness (QED) is 0.625. The van der Waals surface area contributed by atoms with E-state index in [2.05, 4.69) is 20.9 Å². The Hall–Kier alpha value is -2.12. The number of nitrogens with zero attached hydrogens (tertiary/aromatic N) is 2. The van der Waals surface area contributed by atoms with Crippen molar-refractivity contribution >= 4 is 43.4 Å². The number of hydrogen-bond donors (Lipinski definition) is 0. The van der Waals surface area contributed by atoms with E-state index in [9.17, 15) is 4.79 Å². The summed E-state index contributed by atoms with van der Waals surface area (Å²) in [7, 11) is 1.89. The van der Waals surface area contributed by atoms with Crippen molar-refractivity contribution in [3.05, 3.63) is 51.7 Å². The fourth-order valence-electron chi connectivity index (χ4n) is 2.57. The van der Waals surface area contributed by atoms with Crippen LogP contribution in [0.5, 0.6) is 11.5 Å². The Balaban J connectivity index is 1.68. The van der Waals surface area contributed by atoms with Crippen molar-refractivity contribution in [2.45, 2.75) is 6.10 Å². The average Bonchev–Trinajstić information content (AvgIpc) is 2.91. The molecule has 5 nitrogen and oxygen atoms in total. The zero-order valence-electron chi connectivity index (χ0n) is 12.7. The Kier molecular flexibility index (Phi) is 3.90. The molecule has 1 aliphatic rings. The normalized spacial score (nSPS) is 17.2. The summed E-state index contributed by atoms with van der Waals surface area (Å²) in [4.78, 5) is 17.4. The van der Waals surface area contributed by atoms with Crippen LogP contribution < -0.4 is 14.3 Å². The Labute approximate surface area is 150 Å². The monoisotopic (exact) mass is 404 g/mol. The molecule has 2 heterocycles. The van der Waals surface area contributed by atoms with E-state index in [0.29, 0.717) is 16.3 Å². The molecule has 1 atom stereocenters. The molecule has 2 aromatic carbocycles. The first-order valence-corrected chi connectivity index (χ1v) is 8.95. The Morgan fingerprint density at radius 1 is 1.25 bits per heavy atom. The number of amides is 1. The van der Waals surface area contributed by atoms with Crippen molar-refractivity contribution in [1.82, 2.24) is 4.57 Å². The van der Waals surface area contributed by atoms with E-state index >= 15 is 0 Å². The highest BCUT2D eigenvalue weighted by Gasteiger charge is 2.27. The molecule has 0 spiro atoms. The third-order valence-electron chi connectivity index (χ3n) is 3.76. The second-order valence-electron chi connectivity index (χ2n) is 5.34. The summed E-state index contributed by atoms with van der Waals surface area (Å²) in [6.07, 6.45) is -0.728. The molecule has 0 bridgehead atoms. The van der Waals surface area contributed by atoms with E-state index in [0.717, 1.165) is 14.7 Å². The standard InChI is InChI=1S/C17H13BrN2O3S/c1-20-15-10(18)5-4-8-14(15)24-17(20)19-16(21)13-9-22-11-6-2-3-7-12(11)23-13/h2-8,13H,9H2,1H3. The molecule has 1 aliphatic heterocycles. The molecule has 0 saturated carbocycles. The van der Waals surface area contributed by atoms with Gasteiger partial charge in [-0.25, -0.2) is 0 Å². The van der Waals surface area contributed by atoms with Crippen molar-refractivity contribution in [2.24, 2.45) is 12.0 Å². The van der Waals surface area contributed by atoms with Crippen LogP contribution in [-0.2, 0) is 11.8 Å². The zero-order valence-corrected chi connectivity index (χ0v) is 15.1. The molecular weight excluding hydrogens is 392 g/mol. The zero-order chi connectivity index (χ0) is 16.7. The first-order chi connectivity index (χ1) is 11.6. The Morgan fingerprint density at radius 3 is 2.83 bits per heavy atom. The van der Waals surface area contributed by atoms with Gasteiger partial charge in [0.05, 0.1) is 10.2 Å². The number of hydrogen-bond acceptors (Lipinski definition) is 4. The van der Waals surface area contributed by atoms with Crippen molar-refractivity contribution in [3.63, 3.8) is 0 Å². The molecule has 1 aromatic heterocycles. The molecule has 0 saturated heterocycles. The fraction of sp³-hybridized carbons (Fsp3) is 0.176. The minimum Gasteiger partial charge on any atom is -0.485 e. The van der Waals surface area contributed by atoms with Gasteiger partial charge < -0.3 is 14.0 Å². The first-order valence-electron chi connectivity index (χ1n) is 7.34. The number of fused-ring (bicyclic) bond motifs is 2. The summed E-state index contributed by atoms with van der Waals surface area (Å²) in [6, 6.07) is 13.2. The number of aryl methyl sites for hydroxylation is 1. The minimum atomic E-state index is -0.728. The molecule has 1 amide bonds. The van der Waals surface area contributed by atoms with E-state index in [1.54, 1.807) is 6.07 Å². The van der Waals surface area contributed by atoms with Crippen LogP contribution in [0.3, 0.4) is 0 Å². The van der Waals surface area contributed by atoms with Crippen LogP contribution in [0.4, 0.5) is 0 Å². The average molecular weight is 405 g/mol. The van der Waals surface area contributed by atoms with Gasteiger partial charge in [-0.05, 0) is 40.2 Å². The lowest BCUT2D eigenvalue weighted by atomic mass is 10.2. The van der Waals surface area contributed by atoms with Gasteiger partial charge in [0.2, 0.25) is 6.10 Å². The lowest BCUT2D eigenvalue weighted by Gasteiger charge is -2.23. The van der Waals surface area contributed by atoms with Gasteiger partial charge in [0.25, 0.3) is 5.91 Å². The number of carbonyl (C=O) groups excluding carboxylic acids is 1. The lowest BCUT2D eigenvalue weighted by molar-refractivity contribution is -0.127. The highest BCUT2D eigenvalue weighted by molar-refractivity contribution is 9.10. The van der Waals surface area contributed by atoms with Crippen molar-refractivity contribution < 1.29 is 14.3 Å². The molecular formula is C17H13BrN2O3S. The summed E-state index contributed by atoms with van der Waals surface area (Å²) in [5.74, 6) is 0.876. The van der Waals surface area contributed by atoms with Gasteiger partial charge in [0.1, 0.15) is 6.61 Å². The third-order valence-corrected chi connectivity index (χ3v) is 5.50. The van der Waals surface area contributed by atoms with Crippen molar-refractivity contribution in [1.29, 1.82) is 0 Å². The number of benzene rings is 2. The SMILES string of the molecule is Cn1c(=NC(=O)C2COc3ccccc3O2)sc2cccc(Br)c21. The van der Waals surface area contributed by atoms with Crippen LogP contribution in [0, 0.1) is 0 Å². The maximum absolute atomic E-state index is 12.5. The van der Waals surface area contributed by atoms with Crippen LogP contribution in [0.1, 0.15) is 0 Å². The molecule has 0 aliphatic carbocycles. The summed E-state index contributed by atoms with van der Waals surface area (Å²) < 4.78 is 15.2. The maximum Gasteiger partial charge on any atom is 0.292 e. The number of ether oxygens (including phenoxy) is 2. The van der Waals surface area contributed by atoms with E-state index in [1.807, 2.05) is 48.0 Å². The van der Waals surface area contributed by atoms with Gasteiger partial charge in [-0.1, -0.05) is 29.5 Å². The topological polar surface area (TPSA) is 52.8 Å². The van der Waals surface area contributed by atoms with Gasteiger partial charge in [0, 0.05) is 11.5 Å². The molecule has 4 rings (SSSR count). The first kappa shape index (κ1) is 15.4. The van der Waals surface area contributed by atoms with Gasteiger partial charge >= 0.3 is 0 Å². The largest absolute Gasteiger partial charge is 0.485 e. The number of rotatable bonds is 1. The van der Waals surface area contributed by atoms with E-state index < -0.39 is 6.10 Å². The number of aromatic nitrogens is 1. The second kappa shape index (κ2) is 6.07. The summed E-state index contributed by atoms with van der Waals surface area (Å²) in [5.41, 5.74) is 1.01. The number of para-hydroxylation sites is 3. The Bertz CT molecular complexity index is 1010. The molecule has 24 heavy (non-hydrogen) atoms. The van der Waals surface area contributed by atoms with Crippen LogP contribution in [0.15, 0.2) is 51.9 Å². The summed E-state index contributed by atoms with van der Waals surface area (Å²) in [5, 5.41) is 0. The van der Waals surface area contributed by atoms with Crippen LogP contribution in [-0.4, -0.2) is 23.2 Å². The van der Waals surface area contributed by atoms with Crippen molar-refractivity contribution in [3.8, 4) is 11.5 Å². The smallest absolute Gasteiger partial charge is 0.292 e. The van der Waals surface area contributed by atoms with Crippen LogP contribution in [0.25, 0.3) is 10.2 Å². The van der Waals surface area contributed by atoms with Crippen molar-refractivity contribution in [2.75, 3.05) is 6.61 Å². The van der Waals surface area contributed by atoms with E-state index in [-0.39, 0.29) is 12.5 Å². The van der Waals surface area contributed by atoms with Gasteiger partial charge in [-0.3, -0.25) is 4.79 Å². The van der Waals surface area contributed by atoms with Gasteiger partial charge in [0.15, 0.2) is 16.3 Å². The van der Waals surface area contributed by atoms with Gasteiger partial charge in [-0.15, -0.1) is 0 Å². The second-order valence-corrected chi connectivity index (χ2v) is 7.21. The van der Waals surface area contributed by atoms with Gasteiger partial charge in [-0.2, -0.15) is 4.99 Å². The van der Waals surface area contributed by atoms with E-state index in [1.165, 1.54) is 11.3 Å². The van der Waals surface area contributed by atoms with E-state index in [4.69, 9.17) is 9.47 Å². The number of thiazole rings is 1. The molecule has 0 fully saturated rings. The molecule has 0 radical (unpaired) electrons. The Morgan fingerprint density at radius 2 is 2.04 bits per heavy atom. The molecule has 1 unspecified atom stereocenters. The molecule has 7 heteroatoms. The summed E-state index contributed by atoms with van der Waals surface area (Å²) >= 11 is 5.00. The predicted molar refractivity (Wildman–Crippen MR) is 95.4 cm³/mol. The van der Waals surface area contributed by atoms with Crippen LogP contribution >= 0.6 is 27.3 Å². The highest BCUT2D eigenvalue weighted by Crippen LogP contribution is 2.31. The highest BCUT2D eigenvalue weighted by atomic mass is 79.9. The fourth-order valence-corrected chi connectivity index (χ4v) is 4.39. The number of halogens is 1. The maximum atomic E-state index is 12.5. The molecule has 3 aromatic rings. The lowest BCUT2D eigenvalue weighted by Crippen LogP contribution is -2.36. The molecule has 122 valence electrons.